The number of aromatic amines is 1. The van der Waals surface area contributed by atoms with Gasteiger partial charge in [-0.25, -0.2) is 8.42 Å². The maximum atomic E-state index is 13.0. The van der Waals surface area contributed by atoms with Crippen LogP contribution in [0, 0.1) is 0 Å². The molecule has 1 aliphatic heterocycles. The first-order valence-corrected chi connectivity index (χ1v) is 10.8. The maximum Gasteiger partial charge on any atom is 0.256 e. The van der Waals surface area contributed by atoms with Gasteiger partial charge in [0.2, 0.25) is 15.5 Å². The monoisotopic (exact) mass is 407 g/mol. The highest BCUT2D eigenvalue weighted by molar-refractivity contribution is 7.89. The molecule has 152 valence electrons. The maximum absolute atomic E-state index is 13.0. The van der Waals surface area contributed by atoms with E-state index in [1.54, 1.807) is 6.07 Å². The lowest BCUT2D eigenvalue weighted by molar-refractivity contribution is 0.0936. The average molecular weight is 407 g/mol. The first-order valence-electron chi connectivity index (χ1n) is 9.38. The van der Waals surface area contributed by atoms with Crippen LogP contribution in [0.15, 0.2) is 34.1 Å². The molecule has 0 unspecified atom stereocenters. The number of ether oxygens (including phenoxy) is 1. The Labute approximate surface area is 163 Å². The van der Waals surface area contributed by atoms with Crippen LogP contribution in [0.5, 0.6) is 0 Å². The predicted molar refractivity (Wildman–Crippen MR) is 106 cm³/mol. The second kappa shape index (κ2) is 8.85. The molecule has 0 radical (unpaired) electrons. The summed E-state index contributed by atoms with van der Waals surface area (Å²) in [7, 11) is -2.17. The Morgan fingerprint density at radius 3 is 2.61 bits per heavy atom. The number of carbonyl (C=O) groups is 1. The molecular formula is C19H25N3O5S. The number of H-pyrrole nitrogens is 1. The number of sulfonamides is 1. The number of nitrogens with one attached hydrogen (secondary N) is 2. The second-order valence-corrected chi connectivity index (χ2v) is 8.74. The summed E-state index contributed by atoms with van der Waals surface area (Å²) in [6.07, 6.45) is 5.05. The van der Waals surface area contributed by atoms with Gasteiger partial charge in [0, 0.05) is 43.8 Å². The van der Waals surface area contributed by atoms with Crippen molar-refractivity contribution in [2.75, 3.05) is 33.4 Å². The van der Waals surface area contributed by atoms with Gasteiger partial charge in [0.05, 0.1) is 11.5 Å². The SMILES string of the molecule is COCCNC(=O)c1c[nH]c2ccc(S(=O)(=O)N3CCCCCC3)cc2c1=O. The summed E-state index contributed by atoms with van der Waals surface area (Å²) >= 11 is 0. The predicted octanol–water partition coefficient (Wildman–Crippen LogP) is 1.47. The van der Waals surface area contributed by atoms with Gasteiger partial charge >= 0.3 is 0 Å². The van der Waals surface area contributed by atoms with Gasteiger partial charge in [0.1, 0.15) is 5.56 Å². The van der Waals surface area contributed by atoms with Crippen LogP contribution < -0.4 is 10.7 Å². The van der Waals surface area contributed by atoms with Crippen LogP contribution in [0.2, 0.25) is 0 Å². The number of fused-ring (bicyclic) bond motifs is 1. The van der Waals surface area contributed by atoms with Crippen molar-refractivity contribution in [2.45, 2.75) is 30.6 Å². The van der Waals surface area contributed by atoms with Crippen LogP contribution >= 0.6 is 0 Å². The van der Waals surface area contributed by atoms with Crippen LogP contribution in [0.1, 0.15) is 36.0 Å². The van der Waals surface area contributed by atoms with Crippen molar-refractivity contribution >= 4 is 26.8 Å². The Morgan fingerprint density at radius 1 is 1.21 bits per heavy atom. The van der Waals surface area contributed by atoms with Crippen molar-refractivity contribution in [3.05, 3.63) is 40.2 Å². The van der Waals surface area contributed by atoms with Crippen molar-refractivity contribution < 1.29 is 17.9 Å². The number of methoxy groups -OCH3 is 1. The molecule has 2 N–H and O–H groups in total. The van der Waals surface area contributed by atoms with Gasteiger partial charge in [-0.1, -0.05) is 12.8 Å². The van der Waals surface area contributed by atoms with Gasteiger partial charge in [-0.15, -0.1) is 0 Å². The van der Waals surface area contributed by atoms with Crippen molar-refractivity contribution in [1.82, 2.24) is 14.6 Å². The molecule has 2 aromatic rings. The van der Waals surface area contributed by atoms with Gasteiger partial charge in [-0.3, -0.25) is 9.59 Å². The van der Waals surface area contributed by atoms with Crippen LogP contribution in [0.3, 0.4) is 0 Å². The molecule has 1 amide bonds. The fraction of sp³-hybridized carbons (Fsp3) is 0.474. The highest BCUT2D eigenvalue weighted by Crippen LogP contribution is 2.22. The minimum Gasteiger partial charge on any atom is -0.383 e. The quantitative estimate of drug-likeness (QED) is 0.705. The lowest BCUT2D eigenvalue weighted by Crippen LogP contribution is -2.32. The number of benzene rings is 1. The van der Waals surface area contributed by atoms with Crippen LogP contribution in [0.4, 0.5) is 0 Å². The Balaban J connectivity index is 1.96. The van der Waals surface area contributed by atoms with Crippen molar-refractivity contribution in [3.63, 3.8) is 0 Å². The summed E-state index contributed by atoms with van der Waals surface area (Å²) in [6, 6.07) is 4.42. The first kappa shape index (κ1) is 20.5. The fourth-order valence-corrected chi connectivity index (χ4v) is 4.86. The summed E-state index contributed by atoms with van der Waals surface area (Å²) in [4.78, 5) is 28.0. The number of amides is 1. The zero-order chi connectivity index (χ0) is 20.1. The number of hydrogen-bond donors (Lipinski definition) is 2. The summed E-state index contributed by atoms with van der Waals surface area (Å²) < 4.78 is 32.4. The second-order valence-electron chi connectivity index (χ2n) is 6.81. The molecule has 0 bridgehead atoms. The molecule has 2 heterocycles. The van der Waals surface area contributed by atoms with Crippen LogP contribution in [0.25, 0.3) is 10.9 Å². The standard InChI is InChI=1S/C19H25N3O5S/c1-27-11-8-20-19(24)16-13-21-17-7-6-14(12-15(17)18(16)23)28(25,26)22-9-4-2-3-5-10-22/h6-7,12-13H,2-5,8-11H2,1H3,(H,20,24)(H,21,23). The fourth-order valence-electron chi connectivity index (χ4n) is 3.32. The Hall–Kier alpha value is -2.23. The molecule has 0 aliphatic carbocycles. The van der Waals surface area contributed by atoms with Gasteiger partial charge in [0.15, 0.2) is 0 Å². The molecule has 9 heteroatoms. The summed E-state index contributed by atoms with van der Waals surface area (Å²) in [5.41, 5.74) is -0.0854. The Morgan fingerprint density at radius 2 is 1.93 bits per heavy atom. The number of nitrogens with zero attached hydrogens (tertiary/aromatic N) is 1. The molecule has 0 saturated carbocycles. The van der Waals surface area contributed by atoms with E-state index >= 15 is 0 Å². The molecular weight excluding hydrogens is 382 g/mol. The molecule has 1 aromatic heterocycles. The number of aromatic nitrogens is 1. The van der Waals surface area contributed by atoms with Crippen LogP contribution in [-0.4, -0.2) is 57.0 Å². The zero-order valence-corrected chi connectivity index (χ0v) is 16.7. The molecule has 1 saturated heterocycles. The third-order valence-corrected chi connectivity index (χ3v) is 6.79. The number of pyridine rings is 1. The van der Waals surface area contributed by atoms with Gasteiger partial charge < -0.3 is 15.0 Å². The van der Waals surface area contributed by atoms with E-state index in [-0.39, 0.29) is 22.4 Å². The number of carbonyl (C=O) groups excluding carboxylic acids is 1. The Kier molecular flexibility index (Phi) is 6.48. The van der Waals surface area contributed by atoms with Crippen molar-refractivity contribution in [1.29, 1.82) is 0 Å². The topological polar surface area (TPSA) is 109 Å². The van der Waals surface area contributed by atoms with Gasteiger partial charge in [-0.2, -0.15) is 4.31 Å². The normalized spacial score (nSPS) is 16.0. The smallest absolute Gasteiger partial charge is 0.256 e. The van der Waals surface area contributed by atoms with E-state index in [4.69, 9.17) is 4.74 Å². The third-order valence-electron chi connectivity index (χ3n) is 4.89. The summed E-state index contributed by atoms with van der Waals surface area (Å²) in [5, 5.41) is 2.77. The molecule has 8 nitrogen and oxygen atoms in total. The van der Waals surface area contributed by atoms with Crippen molar-refractivity contribution in [3.8, 4) is 0 Å². The van der Waals surface area contributed by atoms with E-state index in [0.717, 1.165) is 25.7 Å². The summed E-state index contributed by atoms with van der Waals surface area (Å²) in [5.74, 6) is -0.527. The first-order chi connectivity index (χ1) is 13.4. The molecule has 0 spiro atoms. The molecule has 3 rings (SSSR count). The van der Waals surface area contributed by atoms with E-state index < -0.39 is 21.4 Å². The molecule has 1 aromatic carbocycles. The van der Waals surface area contributed by atoms with E-state index in [2.05, 4.69) is 10.3 Å². The number of rotatable bonds is 6. The number of hydrogen-bond acceptors (Lipinski definition) is 5. The Bertz CT molecular complexity index is 1010. The lowest BCUT2D eigenvalue weighted by atomic mass is 10.1. The van der Waals surface area contributed by atoms with E-state index in [0.29, 0.717) is 25.2 Å². The highest BCUT2D eigenvalue weighted by Gasteiger charge is 2.26. The van der Waals surface area contributed by atoms with E-state index in [1.807, 2.05) is 0 Å². The van der Waals surface area contributed by atoms with Crippen LogP contribution in [-0.2, 0) is 14.8 Å². The van der Waals surface area contributed by atoms with E-state index in [9.17, 15) is 18.0 Å². The minimum absolute atomic E-state index is 0.0621. The largest absolute Gasteiger partial charge is 0.383 e. The third kappa shape index (κ3) is 4.26. The van der Waals surface area contributed by atoms with Crippen molar-refractivity contribution in [2.24, 2.45) is 0 Å². The average Bonchev–Trinajstić information content (AvgIpc) is 2.98. The highest BCUT2D eigenvalue weighted by atomic mass is 32.2. The molecule has 1 aliphatic rings. The van der Waals surface area contributed by atoms with Gasteiger partial charge in [-0.05, 0) is 31.0 Å². The lowest BCUT2D eigenvalue weighted by Gasteiger charge is -2.20. The minimum atomic E-state index is -3.68. The molecule has 28 heavy (non-hydrogen) atoms. The zero-order valence-electron chi connectivity index (χ0n) is 15.9. The summed E-state index contributed by atoms with van der Waals surface area (Å²) in [6.45, 7) is 1.57. The molecule has 0 atom stereocenters. The van der Waals surface area contributed by atoms with Gasteiger partial charge in [0.25, 0.3) is 5.91 Å². The molecule has 1 fully saturated rings. The van der Waals surface area contributed by atoms with E-state index in [1.165, 1.54) is 29.7 Å².